The van der Waals surface area contributed by atoms with Crippen LogP contribution >= 0.6 is 0 Å². The number of nitrogens with zero attached hydrogens (tertiary/aromatic N) is 1. The molecule has 4 heteroatoms. The van der Waals surface area contributed by atoms with Gasteiger partial charge in [-0.2, -0.15) is 0 Å². The van der Waals surface area contributed by atoms with Gasteiger partial charge in [-0.1, -0.05) is 6.92 Å². The number of carbonyl (C=O) groups is 1. The van der Waals surface area contributed by atoms with Crippen molar-refractivity contribution >= 4 is 5.91 Å². The summed E-state index contributed by atoms with van der Waals surface area (Å²) in [5.41, 5.74) is 5.64. The average Bonchev–Trinajstić information content (AvgIpc) is 2.33. The summed E-state index contributed by atoms with van der Waals surface area (Å²) in [6.07, 6.45) is 5.90. The molecule has 1 aliphatic carbocycles. The average molecular weight is 254 g/mol. The quantitative estimate of drug-likeness (QED) is 0.828. The molecule has 1 saturated carbocycles. The van der Waals surface area contributed by atoms with Crippen molar-refractivity contribution in [3.8, 4) is 0 Å². The zero-order chi connectivity index (χ0) is 13.2. The lowest BCUT2D eigenvalue weighted by Gasteiger charge is -2.44. The Morgan fingerprint density at radius 2 is 2.22 bits per heavy atom. The van der Waals surface area contributed by atoms with Crippen molar-refractivity contribution in [2.24, 2.45) is 11.7 Å². The summed E-state index contributed by atoms with van der Waals surface area (Å²) in [5, 5.41) is 0. The number of hydrogen-bond donors (Lipinski definition) is 1. The standard InChI is InChI=1S/C14H26N2O2/c1-11-4-7-16(12(8-11)10-15)13(17)9-14(18-2)5-3-6-14/h11-12H,3-10,15H2,1-2H3. The molecule has 2 N–H and O–H groups in total. The van der Waals surface area contributed by atoms with Crippen molar-refractivity contribution in [1.29, 1.82) is 0 Å². The Bertz CT molecular complexity index is 297. The van der Waals surface area contributed by atoms with E-state index in [1.165, 1.54) is 6.42 Å². The van der Waals surface area contributed by atoms with Crippen molar-refractivity contribution in [3.05, 3.63) is 0 Å². The van der Waals surface area contributed by atoms with Crippen LogP contribution in [0, 0.1) is 5.92 Å². The van der Waals surface area contributed by atoms with Gasteiger partial charge < -0.3 is 15.4 Å². The lowest BCUT2D eigenvalue weighted by Crippen LogP contribution is -2.52. The van der Waals surface area contributed by atoms with E-state index in [1.54, 1.807) is 7.11 Å². The summed E-state index contributed by atoms with van der Waals surface area (Å²) in [5.74, 6) is 0.918. The van der Waals surface area contributed by atoms with Gasteiger partial charge in [-0.15, -0.1) is 0 Å². The zero-order valence-corrected chi connectivity index (χ0v) is 11.7. The first-order chi connectivity index (χ1) is 8.60. The molecule has 2 unspecified atom stereocenters. The number of ether oxygens (including phenoxy) is 1. The van der Waals surface area contributed by atoms with Crippen LogP contribution in [0.25, 0.3) is 0 Å². The van der Waals surface area contributed by atoms with Gasteiger partial charge in [0.1, 0.15) is 0 Å². The van der Waals surface area contributed by atoms with Gasteiger partial charge in [0.25, 0.3) is 0 Å². The Morgan fingerprint density at radius 3 is 2.72 bits per heavy atom. The first-order valence-corrected chi connectivity index (χ1v) is 7.15. The van der Waals surface area contributed by atoms with Crippen LogP contribution in [0.5, 0.6) is 0 Å². The van der Waals surface area contributed by atoms with E-state index in [0.29, 0.717) is 18.9 Å². The van der Waals surface area contributed by atoms with E-state index < -0.39 is 0 Å². The molecule has 1 amide bonds. The summed E-state index contributed by atoms with van der Waals surface area (Å²) in [6, 6.07) is 0.232. The van der Waals surface area contributed by atoms with Crippen LogP contribution in [0.2, 0.25) is 0 Å². The number of nitrogens with two attached hydrogens (primary N) is 1. The van der Waals surface area contributed by atoms with Crippen LogP contribution < -0.4 is 5.73 Å². The monoisotopic (exact) mass is 254 g/mol. The Balaban J connectivity index is 1.95. The minimum Gasteiger partial charge on any atom is -0.378 e. The van der Waals surface area contributed by atoms with Crippen LogP contribution in [-0.2, 0) is 9.53 Å². The second-order valence-corrected chi connectivity index (χ2v) is 6.02. The molecule has 1 saturated heterocycles. The molecule has 0 aromatic carbocycles. The van der Waals surface area contributed by atoms with Crippen molar-refractivity contribution in [1.82, 2.24) is 4.90 Å². The van der Waals surface area contributed by atoms with Crippen molar-refractivity contribution in [2.75, 3.05) is 20.2 Å². The van der Waals surface area contributed by atoms with Gasteiger partial charge in [-0.05, 0) is 38.0 Å². The van der Waals surface area contributed by atoms with Crippen molar-refractivity contribution < 1.29 is 9.53 Å². The first-order valence-electron chi connectivity index (χ1n) is 7.15. The molecule has 1 heterocycles. The van der Waals surface area contributed by atoms with Crippen LogP contribution in [-0.4, -0.2) is 42.6 Å². The highest BCUT2D eigenvalue weighted by Gasteiger charge is 2.41. The van der Waals surface area contributed by atoms with Gasteiger partial charge in [-0.25, -0.2) is 0 Å². The summed E-state index contributed by atoms with van der Waals surface area (Å²) in [7, 11) is 1.73. The number of amides is 1. The number of rotatable bonds is 4. The van der Waals surface area contributed by atoms with Gasteiger partial charge >= 0.3 is 0 Å². The van der Waals surface area contributed by atoms with Gasteiger partial charge in [-0.3, -0.25) is 4.79 Å². The molecule has 0 spiro atoms. The fraction of sp³-hybridized carbons (Fsp3) is 0.929. The Labute approximate surface area is 110 Å². The Kier molecular flexibility index (Phi) is 4.28. The molecule has 0 radical (unpaired) electrons. The van der Waals surface area contributed by atoms with Crippen LogP contribution in [0.15, 0.2) is 0 Å². The highest BCUT2D eigenvalue weighted by molar-refractivity contribution is 5.78. The van der Waals surface area contributed by atoms with Gasteiger partial charge in [0.2, 0.25) is 5.91 Å². The van der Waals surface area contributed by atoms with E-state index in [4.69, 9.17) is 10.5 Å². The maximum atomic E-state index is 12.4. The Morgan fingerprint density at radius 1 is 1.50 bits per heavy atom. The molecule has 0 aromatic heterocycles. The van der Waals surface area contributed by atoms with E-state index in [-0.39, 0.29) is 17.6 Å². The predicted octanol–water partition coefficient (Wildman–Crippen LogP) is 1.53. The third-order valence-electron chi connectivity index (χ3n) is 4.74. The van der Waals surface area contributed by atoms with E-state index in [1.807, 2.05) is 4.90 Å². The third kappa shape index (κ3) is 2.69. The molecule has 0 aromatic rings. The summed E-state index contributed by atoms with van der Waals surface area (Å²) < 4.78 is 5.55. The molecule has 2 rings (SSSR count). The molecule has 2 atom stereocenters. The molecule has 4 nitrogen and oxygen atoms in total. The lowest BCUT2D eigenvalue weighted by atomic mass is 9.77. The first kappa shape index (κ1) is 13.8. The highest BCUT2D eigenvalue weighted by atomic mass is 16.5. The number of likely N-dealkylation sites (tertiary alicyclic amines) is 1. The fourth-order valence-electron chi connectivity index (χ4n) is 3.20. The van der Waals surface area contributed by atoms with Gasteiger partial charge in [0.15, 0.2) is 0 Å². The summed E-state index contributed by atoms with van der Waals surface area (Å²) >= 11 is 0. The SMILES string of the molecule is COC1(CC(=O)N2CCC(C)CC2CN)CCC1. The normalized spacial score (nSPS) is 30.9. The van der Waals surface area contributed by atoms with E-state index in [2.05, 4.69) is 6.92 Å². The molecule has 104 valence electrons. The maximum absolute atomic E-state index is 12.4. The number of piperidine rings is 1. The molecule has 1 aliphatic heterocycles. The molecule has 2 aliphatic rings. The molecule has 2 fully saturated rings. The summed E-state index contributed by atoms with van der Waals surface area (Å²) in [6.45, 7) is 3.69. The highest BCUT2D eigenvalue weighted by Crippen LogP contribution is 2.39. The smallest absolute Gasteiger partial charge is 0.225 e. The van der Waals surface area contributed by atoms with Crippen LogP contribution in [0.1, 0.15) is 45.4 Å². The lowest BCUT2D eigenvalue weighted by molar-refractivity contribution is -0.147. The minimum absolute atomic E-state index is 0.167. The number of methoxy groups -OCH3 is 1. The largest absolute Gasteiger partial charge is 0.378 e. The number of carbonyl (C=O) groups excluding carboxylic acids is 1. The predicted molar refractivity (Wildman–Crippen MR) is 71.2 cm³/mol. The third-order valence-corrected chi connectivity index (χ3v) is 4.74. The Hall–Kier alpha value is -0.610. The summed E-state index contributed by atoms with van der Waals surface area (Å²) in [4.78, 5) is 14.4. The number of hydrogen-bond acceptors (Lipinski definition) is 3. The van der Waals surface area contributed by atoms with Crippen molar-refractivity contribution in [3.63, 3.8) is 0 Å². The minimum atomic E-state index is -0.167. The second-order valence-electron chi connectivity index (χ2n) is 6.02. The van der Waals surface area contributed by atoms with E-state index in [0.717, 1.165) is 32.2 Å². The molecular weight excluding hydrogens is 228 g/mol. The maximum Gasteiger partial charge on any atom is 0.225 e. The fourth-order valence-corrected chi connectivity index (χ4v) is 3.20. The van der Waals surface area contributed by atoms with Crippen LogP contribution in [0.4, 0.5) is 0 Å². The second kappa shape index (κ2) is 5.57. The van der Waals surface area contributed by atoms with E-state index >= 15 is 0 Å². The molecule has 18 heavy (non-hydrogen) atoms. The topological polar surface area (TPSA) is 55.6 Å². The molecule has 0 bridgehead atoms. The van der Waals surface area contributed by atoms with E-state index in [9.17, 15) is 4.79 Å². The van der Waals surface area contributed by atoms with Crippen LogP contribution in [0.3, 0.4) is 0 Å². The van der Waals surface area contributed by atoms with Gasteiger partial charge in [0.05, 0.1) is 12.0 Å². The van der Waals surface area contributed by atoms with Gasteiger partial charge in [0, 0.05) is 26.2 Å². The zero-order valence-electron chi connectivity index (χ0n) is 11.7. The van der Waals surface area contributed by atoms with Crippen molar-refractivity contribution in [2.45, 2.75) is 57.1 Å². The molecular formula is C14H26N2O2.